The van der Waals surface area contributed by atoms with Crippen molar-refractivity contribution in [3.8, 4) is 16.3 Å². The summed E-state index contributed by atoms with van der Waals surface area (Å²) >= 11 is 1.22. The van der Waals surface area contributed by atoms with E-state index in [-0.39, 0.29) is 35.2 Å². The number of carbonyl (C=O) groups excluding carboxylic acids is 1. The van der Waals surface area contributed by atoms with Gasteiger partial charge in [-0.05, 0) is 38.5 Å². The minimum absolute atomic E-state index is 0.0339. The lowest BCUT2D eigenvalue weighted by Crippen LogP contribution is -2.55. The van der Waals surface area contributed by atoms with Crippen LogP contribution in [-0.2, 0) is 11.2 Å². The number of pyridine rings is 1. The number of hydrogen-bond donors (Lipinski definition) is 1. The topological polar surface area (TPSA) is 97.5 Å². The Hall–Kier alpha value is -3.11. The van der Waals surface area contributed by atoms with Crippen molar-refractivity contribution in [3.63, 3.8) is 0 Å². The fourth-order valence-electron chi connectivity index (χ4n) is 4.21. The van der Waals surface area contributed by atoms with Gasteiger partial charge in [-0.1, -0.05) is 23.5 Å². The van der Waals surface area contributed by atoms with Crippen LogP contribution in [0.25, 0.3) is 10.6 Å². The Kier molecular flexibility index (Phi) is 6.31. The molecule has 0 saturated heterocycles. The quantitative estimate of drug-likeness (QED) is 0.592. The normalized spacial score (nSPS) is 18.1. The molecule has 0 radical (unpaired) electrons. The van der Waals surface area contributed by atoms with Gasteiger partial charge in [0, 0.05) is 25.8 Å². The first-order chi connectivity index (χ1) is 15.7. The van der Waals surface area contributed by atoms with Crippen molar-refractivity contribution < 1.29 is 19.0 Å². The highest BCUT2D eigenvalue weighted by atomic mass is 32.1. The largest absolute Gasteiger partial charge is 0.503 e. The van der Waals surface area contributed by atoms with Gasteiger partial charge in [-0.15, -0.1) is 10.2 Å². The predicted molar refractivity (Wildman–Crippen MR) is 122 cm³/mol. The Morgan fingerprint density at radius 2 is 1.91 bits per heavy atom. The first-order valence-corrected chi connectivity index (χ1v) is 11.4. The van der Waals surface area contributed by atoms with Gasteiger partial charge in [-0.25, -0.2) is 4.39 Å². The molecule has 1 aliphatic rings. The van der Waals surface area contributed by atoms with E-state index in [9.17, 15) is 19.1 Å². The number of halogens is 1. The highest BCUT2D eigenvalue weighted by molar-refractivity contribution is 7.14. The molecule has 1 amide bonds. The maximum atomic E-state index is 13.2. The van der Waals surface area contributed by atoms with Gasteiger partial charge in [-0.3, -0.25) is 9.59 Å². The van der Waals surface area contributed by atoms with Crippen LogP contribution < -0.4 is 5.43 Å². The van der Waals surface area contributed by atoms with E-state index < -0.39 is 17.1 Å². The first kappa shape index (κ1) is 23.1. The number of rotatable bonds is 6. The average Bonchev–Trinajstić information content (AvgIpc) is 3.23. The number of ether oxygens (including phenoxy) is 1. The molecule has 1 N–H and O–H groups in total. The Labute approximate surface area is 194 Å². The summed E-state index contributed by atoms with van der Waals surface area (Å²) in [6, 6.07) is 5.42. The zero-order valence-electron chi connectivity index (χ0n) is 18.8. The average molecular weight is 473 g/mol. The van der Waals surface area contributed by atoms with E-state index in [0.717, 1.165) is 5.56 Å². The molecule has 0 aliphatic carbocycles. The fraction of sp³-hybridized carbons (Fsp3) is 0.391. The number of aromatic nitrogens is 3. The number of methoxy groups -OCH3 is 1. The van der Waals surface area contributed by atoms with Gasteiger partial charge in [0.1, 0.15) is 10.8 Å². The standard InChI is InChI=1S/C23H25FN4O4S/c1-12(2)28-17(11-32-4)13(3)27-10-16(20(29)21(30)19(27)23(28)31)22-26-25-18(33-22)9-14-5-7-15(24)8-6-14/h5-8,10,12-13,17,30H,9,11H2,1-4H3/t13-,17-/m1/s1. The molecule has 1 aromatic carbocycles. The fourth-order valence-corrected chi connectivity index (χ4v) is 5.09. The molecule has 10 heteroatoms. The van der Waals surface area contributed by atoms with E-state index in [0.29, 0.717) is 23.0 Å². The highest BCUT2D eigenvalue weighted by Gasteiger charge is 2.41. The van der Waals surface area contributed by atoms with Crippen molar-refractivity contribution >= 4 is 17.2 Å². The lowest BCUT2D eigenvalue weighted by atomic mass is 9.99. The number of nitrogens with zero attached hydrogens (tertiary/aromatic N) is 4. The Morgan fingerprint density at radius 1 is 1.21 bits per heavy atom. The van der Waals surface area contributed by atoms with Crippen molar-refractivity contribution in [2.45, 2.75) is 45.3 Å². The predicted octanol–water partition coefficient (Wildman–Crippen LogP) is 3.24. The van der Waals surface area contributed by atoms with Crippen LogP contribution in [-0.4, -0.2) is 56.5 Å². The van der Waals surface area contributed by atoms with Gasteiger partial charge in [-0.2, -0.15) is 0 Å². The third-order valence-electron chi connectivity index (χ3n) is 5.86. The number of fused-ring (bicyclic) bond motifs is 1. The minimum atomic E-state index is -0.667. The first-order valence-electron chi connectivity index (χ1n) is 10.6. The van der Waals surface area contributed by atoms with Gasteiger partial charge in [0.25, 0.3) is 5.91 Å². The van der Waals surface area contributed by atoms with E-state index >= 15 is 0 Å². The van der Waals surface area contributed by atoms with E-state index in [1.54, 1.807) is 34.9 Å². The lowest BCUT2D eigenvalue weighted by molar-refractivity contribution is 0.0206. The maximum absolute atomic E-state index is 13.2. The zero-order chi connectivity index (χ0) is 23.9. The molecule has 174 valence electrons. The van der Waals surface area contributed by atoms with Gasteiger partial charge >= 0.3 is 0 Å². The summed E-state index contributed by atoms with van der Waals surface area (Å²) in [6.07, 6.45) is 2.01. The molecule has 0 unspecified atom stereocenters. The van der Waals surface area contributed by atoms with Crippen molar-refractivity contribution in [3.05, 3.63) is 62.8 Å². The molecule has 0 spiro atoms. The third-order valence-corrected chi connectivity index (χ3v) is 6.82. The molecular formula is C23H25FN4O4S. The Morgan fingerprint density at radius 3 is 2.55 bits per heavy atom. The summed E-state index contributed by atoms with van der Waals surface area (Å²) in [4.78, 5) is 27.9. The van der Waals surface area contributed by atoms with Crippen LogP contribution in [0.3, 0.4) is 0 Å². The second kappa shape index (κ2) is 9.03. The van der Waals surface area contributed by atoms with Crippen molar-refractivity contribution in [1.82, 2.24) is 19.7 Å². The van der Waals surface area contributed by atoms with E-state index in [2.05, 4.69) is 10.2 Å². The number of hydrogen-bond acceptors (Lipinski definition) is 7. The molecule has 0 fully saturated rings. The minimum Gasteiger partial charge on any atom is -0.503 e. The maximum Gasteiger partial charge on any atom is 0.275 e. The highest BCUT2D eigenvalue weighted by Crippen LogP contribution is 2.34. The van der Waals surface area contributed by atoms with Crippen LogP contribution in [0.15, 0.2) is 35.3 Å². The smallest absolute Gasteiger partial charge is 0.275 e. The molecular weight excluding hydrogens is 447 g/mol. The lowest BCUT2D eigenvalue weighted by Gasteiger charge is -2.44. The van der Waals surface area contributed by atoms with Gasteiger partial charge in [0.15, 0.2) is 16.5 Å². The van der Waals surface area contributed by atoms with E-state index in [4.69, 9.17) is 4.74 Å². The van der Waals surface area contributed by atoms with Crippen molar-refractivity contribution in [2.24, 2.45) is 0 Å². The summed E-state index contributed by atoms with van der Waals surface area (Å²) in [5.41, 5.74) is 0.334. The Balaban J connectivity index is 1.75. The van der Waals surface area contributed by atoms with Crippen LogP contribution in [0.1, 0.15) is 47.9 Å². The molecule has 8 nitrogen and oxygen atoms in total. The summed E-state index contributed by atoms with van der Waals surface area (Å²) in [5, 5.41) is 20.1. The van der Waals surface area contributed by atoms with Crippen LogP contribution >= 0.6 is 11.3 Å². The summed E-state index contributed by atoms with van der Waals surface area (Å²) in [7, 11) is 1.57. The molecule has 33 heavy (non-hydrogen) atoms. The number of amides is 1. The van der Waals surface area contributed by atoms with Crippen molar-refractivity contribution in [2.75, 3.05) is 13.7 Å². The molecule has 0 bridgehead atoms. The SMILES string of the molecule is COC[C@@H]1[C@@H](C)n2cc(-c3nnc(Cc4ccc(F)cc4)s3)c(=O)c(O)c2C(=O)N1C(C)C. The van der Waals surface area contributed by atoms with E-state index in [1.807, 2.05) is 20.8 Å². The molecule has 0 saturated carbocycles. The second-order valence-corrected chi connectivity index (χ2v) is 9.41. The van der Waals surface area contributed by atoms with Crippen molar-refractivity contribution in [1.29, 1.82) is 0 Å². The number of carbonyl (C=O) groups is 1. The third kappa shape index (κ3) is 4.16. The second-order valence-electron chi connectivity index (χ2n) is 8.35. The van der Waals surface area contributed by atoms with Gasteiger partial charge in [0.2, 0.25) is 5.43 Å². The summed E-state index contributed by atoms with van der Waals surface area (Å²) < 4.78 is 20.1. The number of aromatic hydroxyl groups is 1. The summed E-state index contributed by atoms with van der Waals surface area (Å²) in [5.74, 6) is -1.33. The molecule has 2 aromatic heterocycles. The zero-order valence-corrected chi connectivity index (χ0v) is 19.6. The van der Waals surface area contributed by atoms with Crippen LogP contribution in [0.4, 0.5) is 4.39 Å². The molecule has 1 aliphatic heterocycles. The molecule has 2 atom stereocenters. The van der Waals surface area contributed by atoms with E-state index in [1.165, 1.54) is 23.5 Å². The van der Waals surface area contributed by atoms with Crippen LogP contribution in [0.2, 0.25) is 0 Å². The van der Waals surface area contributed by atoms with Gasteiger partial charge in [0.05, 0.1) is 24.3 Å². The van der Waals surface area contributed by atoms with Crippen LogP contribution in [0, 0.1) is 5.82 Å². The molecule has 3 aromatic rings. The number of benzene rings is 1. The molecule has 3 heterocycles. The molecule has 4 rings (SSSR count). The van der Waals surface area contributed by atoms with Gasteiger partial charge < -0.3 is 19.3 Å². The Bertz CT molecular complexity index is 1240. The van der Waals surface area contributed by atoms with Crippen LogP contribution in [0.5, 0.6) is 5.75 Å². The summed E-state index contributed by atoms with van der Waals surface area (Å²) in [6.45, 7) is 6.00. The monoisotopic (exact) mass is 472 g/mol.